The van der Waals surface area contributed by atoms with Crippen molar-refractivity contribution >= 4 is 29.5 Å². The lowest BCUT2D eigenvalue weighted by molar-refractivity contribution is 0.0702. The molecule has 0 amide bonds. The van der Waals surface area contributed by atoms with E-state index >= 15 is 0 Å². The number of phenolic OH excluding ortho intramolecular Hbond substituents is 1. The van der Waals surface area contributed by atoms with Crippen molar-refractivity contribution in [2.45, 2.75) is 0 Å². The van der Waals surface area contributed by atoms with E-state index in [0.717, 1.165) is 22.5 Å². The van der Waals surface area contributed by atoms with Crippen LogP contribution in [0.2, 0.25) is 0 Å². The van der Waals surface area contributed by atoms with E-state index in [1.165, 1.54) is 7.11 Å². The smallest absolute Gasteiger partial charge is 0.348 e. The fourth-order valence-electron chi connectivity index (χ4n) is 2.32. The number of aromatic hydroxyl groups is 1. The lowest BCUT2D eigenvalue weighted by atomic mass is 10.1. The van der Waals surface area contributed by atoms with E-state index < -0.39 is 5.97 Å². The van der Waals surface area contributed by atoms with Crippen molar-refractivity contribution in [1.29, 1.82) is 0 Å². The normalized spacial score (nSPS) is 10.9. The molecule has 0 saturated carbocycles. The van der Waals surface area contributed by atoms with Crippen LogP contribution in [0, 0.1) is 0 Å². The van der Waals surface area contributed by atoms with E-state index in [-0.39, 0.29) is 10.6 Å². The van der Waals surface area contributed by atoms with Crippen LogP contribution < -0.4 is 4.74 Å². The number of carboxylic acid groups (broad SMARTS) is 1. The largest absolute Gasteiger partial charge is 0.504 e. The summed E-state index contributed by atoms with van der Waals surface area (Å²) in [5.41, 5.74) is 1.97. The molecule has 0 aliphatic carbocycles. The van der Waals surface area contributed by atoms with E-state index in [4.69, 9.17) is 4.74 Å². The highest BCUT2D eigenvalue weighted by molar-refractivity contribution is 7.15. The molecule has 0 unspecified atom stereocenters. The number of aromatic carboxylic acids is 1. The molecular formula is C19H15NO4S. The molecule has 0 saturated heterocycles. The highest BCUT2D eigenvalue weighted by atomic mass is 32.1. The lowest BCUT2D eigenvalue weighted by Crippen LogP contribution is -1.95. The van der Waals surface area contributed by atoms with E-state index in [0.29, 0.717) is 16.5 Å². The first-order valence-electron chi connectivity index (χ1n) is 7.43. The minimum absolute atomic E-state index is 0.0417. The summed E-state index contributed by atoms with van der Waals surface area (Å²) in [6, 6.07) is 14.2. The first kappa shape index (κ1) is 16.7. The number of benzene rings is 2. The number of carbonyl (C=O) groups is 1. The number of ether oxygens (including phenoxy) is 1. The predicted octanol–water partition coefficient (Wildman–Crippen LogP) is 4.39. The molecule has 2 N–H and O–H groups in total. The maximum absolute atomic E-state index is 11.5. The topological polar surface area (TPSA) is 79.7 Å². The number of thiazole rings is 1. The number of hydrogen-bond donors (Lipinski definition) is 2. The minimum Gasteiger partial charge on any atom is -0.504 e. The Morgan fingerprint density at radius 2 is 1.92 bits per heavy atom. The van der Waals surface area contributed by atoms with Crippen molar-refractivity contribution in [3.05, 3.63) is 64.0 Å². The number of aromatic nitrogens is 1. The summed E-state index contributed by atoms with van der Waals surface area (Å²) < 4.78 is 5.01. The Morgan fingerprint density at radius 3 is 2.56 bits per heavy atom. The molecule has 6 heteroatoms. The maximum atomic E-state index is 11.5. The first-order chi connectivity index (χ1) is 12.1. The molecule has 25 heavy (non-hydrogen) atoms. The number of hydrogen-bond acceptors (Lipinski definition) is 5. The monoisotopic (exact) mass is 353 g/mol. The van der Waals surface area contributed by atoms with Crippen molar-refractivity contribution in [3.63, 3.8) is 0 Å². The molecule has 0 atom stereocenters. The number of methoxy groups -OCH3 is 1. The molecule has 0 aliphatic rings. The third kappa shape index (κ3) is 3.70. The minimum atomic E-state index is -1.00. The van der Waals surface area contributed by atoms with Crippen LogP contribution in [0.25, 0.3) is 23.4 Å². The van der Waals surface area contributed by atoms with Gasteiger partial charge in [-0.05, 0) is 23.8 Å². The fraction of sp³-hybridized carbons (Fsp3) is 0.0526. The molecule has 126 valence electrons. The second-order valence-electron chi connectivity index (χ2n) is 5.17. The predicted molar refractivity (Wildman–Crippen MR) is 98.1 cm³/mol. The van der Waals surface area contributed by atoms with Gasteiger partial charge in [-0.1, -0.05) is 42.5 Å². The van der Waals surface area contributed by atoms with Gasteiger partial charge in [-0.25, -0.2) is 9.78 Å². The summed E-state index contributed by atoms with van der Waals surface area (Å²) in [6.45, 7) is 0. The van der Waals surface area contributed by atoms with Gasteiger partial charge in [0.1, 0.15) is 9.88 Å². The van der Waals surface area contributed by atoms with Crippen LogP contribution in [0.1, 0.15) is 20.2 Å². The summed E-state index contributed by atoms with van der Waals surface area (Å²) >= 11 is 1.11. The zero-order valence-corrected chi connectivity index (χ0v) is 14.2. The zero-order valence-electron chi connectivity index (χ0n) is 13.3. The molecule has 0 spiro atoms. The van der Waals surface area contributed by atoms with E-state index in [1.54, 1.807) is 30.4 Å². The summed E-state index contributed by atoms with van der Waals surface area (Å²) in [4.78, 5) is 16.1. The Kier molecular flexibility index (Phi) is 4.81. The quantitative estimate of drug-likeness (QED) is 0.711. The average molecular weight is 353 g/mol. The van der Waals surface area contributed by atoms with Crippen LogP contribution in [0.5, 0.6) is 11.5 Å². The maximum Gasteiger partial charge on any atom is 0.348 e. The summed E-state index contributed by atoms with van der Waals surface area (Å²) in [6.07, 6.45) is 3.49. The first-order valence-corrected chi connectivity index (χ1v) is 8.25. The molecule has 0 aliphatic heterocycles. The molecule has 1 aromatic heterocycles. The molecule has 2 aromatic carbocycles. The molecule has 0 radical (unpaired) electrons. The van der Waals surface area contributed by atoms with Gasteiger partial charge < -0.3 is 14.9 Å². The van der Waals surface area contributed by atoms with E-state index in [9.17, 15) is 15.0 Å². The Labute approximate surface area is 148 Å². The Bertz CT molecular complexity index is 932. The van der Waals surface area contributed by atoms with Gasteiger partial charge in [0, 0.05) is 5.56 Å². The lowest BCUT2D eigenvalue weighted by Gasteiger charge is -2.02. The van der Waals surface area contributed by atoms with Crippen LogP contribution in [-0.2, 0) is 0 Å². The van der Waals surface area contributed by atoms with Gasteiger partial charge in [-0.3, -0.25) is 0 Å². The Hall–Kier alpha value is -3.12. The van der Waals surface area contributed by atoms with Gasteiger partial charge in [0.25, 0.3) is 0 Å². The van der Waals surface area contributed by atoms with Gasteiger partial charge in [-0.15, -0.1) is 11.3 Å². The number of rotatable bonds is 5. The number of phenols is 1. The number of nitrogens with zero attached hydrogens (tertiary/aromatic N) is 1. The highest BCUT2D eigenvalue weighted by Crippen LogP contribution is 2.30. The average Bonchev–Trinajstić information content (AvgIpc) is 3.05. The summed E-state index contributed by atoms with van der Waals surface area (Å²) in [5.74, 6) is -0.566. The van der Waals surface area contributed by atoms with Crippen LogP contribution in [0.15, 0.2) is 48.5 Å². The molecule has 0 fully saturated rings. The fourth-order valence-corrected chi connectivity index (χ4v) is 3.15. The van der Waals surface area contributed by atoms with E-state index in [2.05, 4.69) is 4.98 Å². The van der Waals surface area contributed by atoms with Crippen molar-refractivity contribution in [1.82, 2.24) is 4.98 Å². The van der Waals surface area contributed by atoms with Crippen molar-refractivity contribution in [2.24, 2.45) is 0 Å². The molecule has 3 rings (SSSR count). The molecule has 5 nitrogen and oxygen atoms in total. The molecule has 0 bridgehead atoms. The van der Waals surface area contributed by atoms with Gasteiger partial charge >= 0.3 is 5.97 Å². The zero-order chi connectivity index (χ0) is 17.8. The van der Waals surface area contributed by atoms with Crippen LogP contribution >= 0.6 is 11.3 Å². The van der Waals surface area contributed by atoms with Gasteiger partial charge in [-0.2, -0.15) is 0 Å². The van der Waals surface area contributed by atoms with Crippen molar-refractivity contribution in [3.8, 4) is 22.8 Å². The molecule has 3 aromatic rings. The third-order valence-corrected chi connectivity index (χ3v) is 4.52. The van der Waals surface area contributed by atoms with Gasteiger partial charge in [0.15, 0.2) is 11.5 Å². The van der Waals surface area contributed by atoms with Gasteiger partial charge in [0.05, 0.1) is 12.8 Å². The third-order valence-electron chi connectivity index (χ3n) is 3.51. The number of carboxylic acids is 1. The second-order valence-corrected chi connectivity index (χ2v) is 6.20. The summed E-state index contributed by atoms with van der Waals surface area (Å²) in [5, 5.41) is 19.8. The Morgan fingerprint density at radius 1 is 1.16 bits per heavy atom. The van der Waals surface area contributed by atoms with E-state index in [1.807, 2.05) is 30.3 Å². The molecular weight excluding hydrogens is 338 g/mol. The van der Waals surface area contributed by atoms with Gasteiger partial charge in [0.2, 0.25) is 0 Å². The molecule has 1 heterocycles. The SMILES string of the molecule is COc1ccc(/C=C/c2nc(-c3ccccc3)c(C(=O)O)s2)cc1O. The summed E-state index contributed by atoms with van der Waals surface area (Å²) in [7, 11) is 1.48. The van der Waals surface area contributed by atoms with Crippen LogP contribution in [0.3, 0.4) is 0 Å². The van der Waals surface area contributed by atoms with Crippen LogP contribution in [-0.4, -0.2) is 28.3 Å². The highest BCUT2D eigenvalue weighted by Gasteiger charge is 2.17. The van der Waals surface area contributed by atoms with Crippen molar-refractivity contribution in [2.75, 3.05) is 7.11 Å². The Balaban J connectivity index is 1.93. The van der Waals surface area contributed by atoms with Crippen molar-refractivity contribution < 1.29 is 19.7 Å². The van der Waals surface area contributed by atoms with Crippen LogP contribution in [0.4, 0.5) is 0 Å². The second kappa shape index (κ2) is 7.19. The standard InChI is InChI=1S/C19H15NO4S/c1-24-15-9-7-12(11-14(15)21)8-10-16-20-17(18(25-16)19(22)23)13-5-3-2-4-6-13/h2-11,21H,1H3,(H,22,23)/b10-8+.